The van der Waals surface area contributed by atoms with Gasteiger partial charge in [-0.2, -0.15) is 5.26 Å². The molecule has 2 unspecified atom stereocenters. The number of anilines is 2. The Hall–Kier alpha value is -8.73. The highest BCUT2D eigenvalue weighted by Crippen LogP contribution is 2.51. The number of pyridine rings is 2. The van der Waals surface area contributed by atoms with Gasteiger partial charge >= 0.3 is 0 Å². The lowest BCUT2D eigenvalue weighted by molar-refractivity contribution is 0.584. The minimum atomic E-state index is -0.703. The molecule has 0 saturated heterocycles. The van der Waals surface area contributed by atoms with Crippen molar-refractivity contribution in [3.63, 3.8) is 0 Å². The van der Waals surface area contributed by atoms with Gasteiger partial charge < -0.3 is 9.47 Å². The van der Waals surface area contributed by atoms with Crippen molar-refractivity contribution in [2.24, 2.45) is 0 Å². The molecule has 0 bridgehead atoms. The van der Waals surface area contributed by atoms with Crippen LogP contribution in [0.3, 0.4) is 0 Å². The van der Waals surface area contributed by atoms with Crippen molar-refractivity contribution in [1.82, 2.24) is 14.5 Å². The van der Waals surface area contributed by atoms with E-state index >= 15 is 8.78 Å². The SMILES string of the molecule is N#Cc1c(N2c3ccc(-c4cccc(-c5ccccc5)n4)cc3C3C=CC=CC32)ccc(-c2cc(F)cc(F)c2)c1-n1c2ccccc2c2cc(-c3cccc(-c4ccccc4)n3)ccc21. The number of fused-ring (bicyclic) bond motifs is 6. The molecule has 0 saturated carbocycles. The molecule has 5 nitrogen and oxygen atoms in total. The fraction of sp³-hybridized carbons (Fsp3) is 0.0339. The smallest absolute Gasteiger partial charge is 0.126 e. The van der Waals surface area contributed by atoms with Crippen LogP contribution < -0.4 is 4.90 Å². The fourth-order valence-electron chi connectivity index (χ4n) is 9.95. The van der Waals surface area contributed by atoms with Gasteiger partial charge in [0.25, 0.3) is 0 Å². The van der Waals surface area contributed by atoms with Crippen molar-refractivity contribution < 1.29 is 8.78 Å². The van der Waals surface area contributed by atoms with E-state index in [9.17, 15) is 5.26 Å². The summed E-state index contributed by atoms with van der Waals surface area (Å²) in [6.07, 6.45) is 8.52. The van der Waals surface area contributed by atoms with Crippen molar-refractivity contribution >= 4 is 33.2 Å². The number of halogens is 2. The van der Waals surface area contributed by atoms with Crippen LogP contribution in [0.15, 0.2) is 212 Å². The number of aromatic nitrogens is 3. The summed E-state index contributed by atoms with van der Waals surface area (Å²) in [7, 11) is 0. The molecule has 0 fully saturated rings. The van der Waals surface area contributed by atoms with Gasteiger partial charge in [0, 0.05) is 56.3 Å². The van der Waals surface area contributed by atoms with E-state index in [1.54, 1.807) is 0 Å². The van der Waals surface area contributed by atoms with E-state index in [-0.39, 0.29) is 12.0 Å². The molecule has 10 aromatic rings. The molecule has 4 heterocycles. The number of rotatable bonds is 7. The number of benzene rings is 7. The standard InChI is InChI=1S/C59H37F2N5/c60-42-31-41(32-43(61)35-42)44-27-30-58(65-54-23-9-7-17-45(54)47-33-39(25-28-56(47)65)52-21-11-19-50(63-52)37-13-3-1-4-14-37)49(36-62)59(44)66-55-24-10-8-18-46(55)48-34-40(26-29-57(48)66)53-22-12-20-51(64-53)38-15-5-2-6-16-38/h1-35,45,54H. The number of hydrogen-bond acceptors (Lipinski definition) is 4. The summed E-state index contributed by atoms with van der Waals surface area (Å²) < 4.78 is 32.5. The zero-order valence-electron chi connectivity index (χ0n) is 35.4. The molecule has 7 aromatic carbocycles. The molecule has 2 atom stereocenters. The van der Waals surface area contributed by atoms with Gasteiger partial charge in [0.2, 0.25) is 0 Å². The summed E-state index contributed by atoms with van der Waals surface area (Å²) in [5, 5.41) is 13.5. The lowest BCUT2D eigenvalue weighted by Crippen LogP contribution is -2.29. The number of hydrogen-bond donors (Lipinski definition) is 0. The quantitative estimate of drug-likeness (QED) is 0.160. The van der Waals surface area contributed by atoms with Crippen molar-refractivity contribution in [3.05, 3.63) is 235 Å². The van der Waals surface area contributed by atoms with Gasteiger partial charge in [-0.05, 0) is 83.9 Å². The zero-order chi connectivity index (χ0) is 44.3. The van der Waals surface area contributed by atoms with E-state index in [0.29, 0.717) is 28.1 Å². The van der Waals surface area contributed by atoms with Crippen LogP contribution in [0.2, 0.25) is 0 Å². The Kier molecular flexibility index (Phi) is 9.32. The average molecular weight is 854 g/mol. The molecule has 0 amide bonds. The van der Waals surface area contributed by atoms with Gasteiger partial charge in [-0.15, -0.1) is 0 Å². The Morgan fingerprint density at radius 3 is 1.73 bits per heavy atom. The lowest BCUT2D eigenvalue weighted by atomic mass is 9.90. The Morgan fingerprint density at radius 2 is 1.05 bits per heavy atom. The van der Waals surface area contributed by atoms with E-state index in [2.05, 4.69) is 107 Å². The van der Waals surface area contributed by atoms with Crippen molar-refractivity contribution in [3.8, 4) is 67.9 Å². The van der Waals surface area contributed by atoms with Gasteiger partial charge in [-0.25, -0.2) is 18.7 Å². The Balaban J connectivity index is 1.06. The zero-order valence-corrected chi connectivity index (χ0v) is 35.4. The van der Waals surface area contributed by atoms with Crippen molar-refractivity contribution in [2.75, 3.05) is 4.90 Å². The second-order valence-corrected chi connectivity index (χ2v) is 16.7. The summed E-state index contributed by atoms with van der Waals surface area (Å²) >= 11 is 0. The summed E-state index contributed by atoms with van der Waals surface area (Å²) in [5.74, 6) is -1.42. The summed E-state index contributed by atoms with van der Waals surface area (Å²) in [6.45, 7) is 0. The minimum Gasteiger partial charge on any atom is -0.332 e. The largest absolute Gasteiger partial charge is 0.332 e. The van der Waals surface area contributed by atoms with E-state index in [0.717, 1.165) is 84.2 Å². The maximum absolute atomic E-state index is 15.2. The molecular weight excluding hydrogens is 817 g/mol. The average Bonchev–Trinajstić information content (AvgIpc) is 3.88. The molecule has 7 heteroatoms. The van der Waals surface area contributed by atoms with Crippen LogP contribution in [0.5, 0.6) is 0 Å². The van der Waals surface area contributed by atoms with Crippen LogP contribution in [0.25, 0.3) is 83.6 Å². The maximum atomic E-state index is 15.2. The molecule has 0 spiro atoms. The molecule has 12 rings (SSSR count). The van der Waals surface area contributed by atoms with E-state index in [1.165, 1.54) is 12.1 Å². The molecule has 66 heavy (non-hydrogen) atoms. The van der Waals surface area contributed by atoms with Gasteiger partial charge in [0.15, 0.2) is 0 Å². The molecule has 2 aliphatic rings. The fourth-order valence-corrected chi connectivity index (χ4v) is 9.95. The number of nitrogens with zero attached hydrogens (tertiary/aromatic N) is 5. The first-order valence-corrected chi connectivity index (χ1v) is 21.9. The summed E-state index contributed by atoms with van der Waals surface area (Å²) in [6, 6.07) is 63.0. The van der Waals surface area contributed by atoms with E-state index < -0.39 is 11.6 Å². The summed E-state index contributed by atoms with van der Waals surface area (Å²) in [5.41, 5.74) is 13.6. The topological polar surface area (TPSA) is 57.7 Å². The second kappa shape index (κ2) is 15.8. The van der Waals surface area contributed by atoms with Crippen LogP contribution in [-0.2, 0) is 0 Å². The van der Waals surface area contributed by atoms with Crippen LogP contribution in [-0.4, -0.2) is 20.6 Å². The lowest BCUT2D eigenvalue weighted by Gasteiger charge is -2.31. The van der Waals surface area contributed by atoms with Crippen LogP contribution >= 0.6 is 0 Å². The highest BCUT2D eigenvalue weighted by Gasteiger charge is 2.39. The predicted octanol–water partition coefficient (Wildman–Crippen LogP) is 14.8. The van der Waals surface area contributed by atoms with E-state index in [4.69, 9.17) is 9.97 Å². The van der Waals surface area contributed by atoms with Crippen molar-refractivity contribution in [2.45, 2.75) is 12.0 Å². The molecule has 3 aromatic heterocycles. The molecule has 0 N–H and O–H groups in total. The highest BCUT2D eigenvalue weighted by molar-refractivity contribution is 6.11. The number of allylic oxidation sites excluding steroid dienone is 2. The maximum Gasteiger partial charge on any atom is 0.126 e. The normalized spacial score (nSPS) is 15.0. The van der Waals surface area contributed by atoms with Gasteiger partial charge in [-0.1, -0.05) is 133 Å². The summed E-state index contributed by atoms with van der Waals surface area (Å²) in [4.78, 5) is 12.4. The van der Waals surface area contributed by atoms with Gasteiger partial charge in [0.1, 0.15) is 23.3 Å². The Morgan fingerprint density at radius 1 is 0.470 bits per heavy atom. The first-order chi connectivity index (χ1) is 32.5. The van der Waals surface area contributed by atoms with Gasteiger partial charge in [-0.3, -0.25) is 0 Å². The second-order valence-electron chi connectivity index (χ2n) is 16.7. The Bertz CT molecular complexity index is 3640. The molecule has 0 radical (unpaired) electrons. The van der Waals surface area contributed by atoms with Crippen LogP contribution in [0.1, 0.15) is 17.0 Å². The number of nitriles is 1. The minimum absolute atomic E-state index is 0.0186. The third-order valence-electron chi connectivity index (χ3n) is 12.9. The highest BCUT2D eigenvalue weighted by atomic mass is 19.1. The third kappa shape index (κ3) is 6.50. The van der Waals surface area contributed by atoms with E-state index in [1.807, 2.05) is 103 Å². The molecule has 312 valence electrons. The molecular formula is C59H37F2N5. The molecule has 1 aliphatic heterocycles. The van der Waals surface area contributed by atoms with Crippen molar-refractivity contribution in [1.29, 1.82) is 5.26 Å². The first kappa shape index (κ1) is 38.9. The Labute approximate surface area is 380 Å². The first-order valence-electron chi connectivity index (χ1n) is 21.9. The predicted molar refractivity (Wildman–Crippen MR) is 262 cm³/mol. The van der Waals surface area contributed by atoms with Crippen LogP contribution in [0, 0.1) is 23.0 Å². The molecule has 1 aliphatic carbocycles. The van der Waals surface area contributed by atoms with Gasteiger partial charge in [0.05, 0.1) is 51.2 Å². The van der Waals surface area contributed by atoms with Crippen LogP contribution in [0.4, 0.5) is 20.2 Å². The third-order valence-corrected chi connectivity index (χ3v) is 12.9. The number of para-hydroxylation sites is 1. The monoisotopic (exact) mass is 853 g/mol.